The fourth-order valence-electron chi connectivity index (χ4n) is 2.79. The van der Waals surface area contributed by atoms with Gasteiger partial charge in [0.15, 0.2) is 11.5 Å². The summed E-state index contributed by atoms with van der Waals surface area (Å²) in [6.45, 7) is 2.53. The number of aryl methyl sites for hydroxylation is 1. The molecule has 0 unspecified atom stereocenters. The highest BCUT2D eigenvalue weighted by molar-refractivity contribution is 5.59. The standard InChI is InChI=1S/C19H16N6/c1-14-15(13-25(23-14)16-7-3-2-4-8-16)12-21-19-17(11-20)24-10-6-5-9-18(24)22-19/h2-10,13,21H,12H2,1H3. The van der Waals surface area contributed by atoms with Gasteiger partial charge in [0.2, 0.25) is 0 Å². The quantitative estimate of drug-likeness (QED) is 0.624. The van der Waals surface area contributed by atoms with Crippen LogP contribution in [0.1, 0.15) is 17.0 Å². The van der Waals surface area contributed by atoms with Crippen molar-refractivity contribution in [3.8, 4) is 11.8 Å². The van der Waals surface area contributed by atoms with Gasteiger partial charge in [-0.25, -0.2) is 9.67 Å². The molecule has 25 heavy (non-hydrogen) atoms. The average Bonchev–Trinajstić information content (AvgIpc) is 3.20. The van der Waals surface area contributed by atoms with Gasteiger partial charge >= 0.3 is 0 Å². The number of pyridine rings is 1. The number of nitrogens with zero attached hydrogens (tertiary/aromatic N) is 5. The lowest BCUT2D eigenvalue weighted by Gasteiger charge is -2.02. The number of fused-ring (bicyclic) bond motifs is 1. The Morgan fingerprint density at radius 1 is 1.12 bits per heavy atom. The third-order valence-corrected chi connectivity index (χ3v) is 4.10. The maximum Gasteiger partial charge on any atom is 0.168 e. The van der Waals surface area contributed by atoms with Crippen LogP contribution in [-0.2, 0) is 6.54 Å². The van der Waals surface area contributed by atoms with Gasteiger partial charge in [-0.3, -0.25) is 4.40 Å². The molecule has 4 aromatic rings. The summed E-state index contributed by atoms with van der Waals surface area (Å²) in [5.41, 5.74) is 4.27. The van der Waals surface area contributed by atoms with Gasteiger partial charge in [0.1, 0.15) is 11.7 Å². The summed E-state index contributed by atoms with van der Waals surface area (Å²) < 4.78 is 3.64. The lowest BCUT2D eigenvalue weighted by Crippen LogP contribution is -2.02. The lowest BCUT2D eigenvalue weighted by molar-refractivity contribution is 0.863. The van der Waals surface area contributed by atoms with Gasteiger partial charge in [-0.15, -0.1) is 0 Å². The Labute approximate surface area is 145 Å². The lowest BCUT2D eigenvalue weighted by atomic mass is 10.2. The molecule has 0 aliphatic rings. The smallest absolute Gasteiger partial charge is 0.168 e. The van der Waals surface area contributed by atoms with Crippen LogP contribution in [0.2, 0.25) is 0 Å². The number of benzene rings is 1. The van der Waals surface area contributed by atoms with Crippen molar-refractivity contribution in [2.75, 3.05) is 5.32 Å². The Bertz CT molecular complexity index is 1070. The molecule has 6 heteroatoms. The number of aromatic nitrogens is 4. The molecule has 0 aliphatic carbocycles. The highest BCUT2D eigenvalue weighted by atomic mass is 15.3. The molecule has 0 saturated heterocycles. The van der Waals surface area contributed by atoms with Crippen LogP contribution in [0.25, 0.3) is 11.3 Å². The number of hydrogen-bond donors (Lipinski definition) is 1. The molecule has 3 heterocycles. The fraction of sp³-hybridized carbons (Fsp3) is 0.105. The summed E-state index contributed by atoms with van der Waals surface area (Å²) in [5, 5.41) is 17.3. The van der Waals surface area contributed by atoms with Crippen molar-refractivity contribution in [2.45, 2.75) is 13.5 Å². The minimum absolute atomic E-state index is 0.503. The van der Waals surface area contributed by atoms with E-state index >= 15 is 0 Å². The molecule has 0 spiro atoms. The monoisotopic (exact) mass is 328 g/mol. The summed E-state index contributed by atoms with van der Waals surface area (Å²) in [7, 11) is 0. The van der Waals surface area contributed by atoms with Crippen LogP contribution < -0.4 is 5.32 Å². The molecule has 3 aromatic heterocycles. The summed E-state index contributed by atoms with van der Waals surface area (Å²) in [6, 6.07) is 17.9. The Kier molecular flexibility index (Phi) is 3.67. The summed E-state index contributed by atoms with van der Waals surface area (Å²) in [6.07, 6.45) is 3.84. The molecule has 122 valence electrons. The zero-order valence-corrected chi connectivity index (χ0v) is 13.7. The number of rotatable bonds is 4. The molecule has 0 atom stereocenters. The first-order chi connectivity index (χ1) is 12.3. The van der Waals surface area contributed by atoms with E-state index in [0.29, 0.717) is 18.1 Å². The molecule has 0 saturated carbocycles. The van der Waals surface area contributed by atoms with Crippen LogP contribution in [0.5, 0.6) is 0 Å². The van der Waals surface area contributed by atoms with Gasteiger partial charge in [-0.1, -0.05) is 24.3 Å². The number of imidazole rings is 1. The molecule has 0 aliphatic heterocycles. The Hall–Kier alpha value is -3.59. The van der Waals surface area contributed by atoms with Gasteiger partial charge in [-0.05, 0) is 31.2 Å². The zero-order valence-electron chi connectivity index (χ0n) is 13.7. The summed E-state index contributed by atoms with van der Waals surface area (Å²) >= 11 is 0. The van der Waals surface area contributed by atoms with Gasteiger partial charge < -0.3 is 5.32 Å². The molecule has 4 rings (SSSR count). The van der Waals surface area contributed by atoms with Crippen LogP contribution in [0.4, 0.5) is 5.82 Å². The molecule has 1 aromatic carbocycles. The minimum Gasteiger partial charge on any atom is -0.363 e. The minimum atomic E-state index is 0.503. The Balaban J connectivity index is 1.60. The number of anilines is 1. The Morgan fingerprint density at radius 2 is 1.92 bits per heavy atom. The molecular formula is C19H16N6. The molecule has 1 N–H and O–H groups in total. The van der Waals surface area contributed by atoms with Crippen LogP contribution in [0.3, 0.4) is 0 Å². The Morgan fingerprint density at radius 3 is 2.72 bits per heavy atom. The van der Waals surface area contributed by atoms with Crippen LogP contribution in [-0.4, -0.2) is 19.2 Å². The first kappa shape index (κ1) is 15.0. The number of para-hydroxylation sites is 1. The van der Waals surface area contributed by atoms with E-state index in [1.54, 1.807) is 4.40 Å². The average molecular weight is 328 g/mol. The molecule has 0 fully saturated rings. The van der Waals surface area contributed by atoms with E-state index in [0.717, 1.165) is 22.6 Å². The topological polar surface area (TPSA) is 70.9 Å². The predicted molar refractivity (Wildman–Crippen MR) is 95.5 cm³/mol. The van der Waals surface area contributed by atoms with E-state index in [4.69, 9.17) is 0 Å². The predicted octanol–water partition coefficient (Wildman–Crippen LogP) is 3.31. The number of nitriles is 1. The first-order valence-electron chi connectivity index (χ1n) is 7.98. The van der Waals surface area contributed by atoms with Crippen molar-refractivity contribution in [3.63, 3.8) is 0 Å². The second kappa shape index (κ2) is 6.13. The van der Waals surface area contributed by atoms with E-state index in [1.807, 2.05) is 72.5 Å². The van der Waals surface area contributed by atoms with Crippen molar-refractivity contribution >= 4 is 11.5 Å². The van der Waals surface area contributed by atoms with E-state index in [9.17, 15) is 5.26 Å². The SMILES string of the molecule is Cc1nn(-c2ccccc2)cc1CNc1nc2ccccn2c1C#N. The zero-order chi connectivity index (χ0) is 17.2. The van der Waals surface area contributed by atoms with Crippen molar-refractivity contribution in [2.24, 2.45) is 0 Å². The van der Waals surface area contributed by atoms with Crippen LogP contribution in [0.15, 0.2) is 60.9 Å². The number of hydrogen-bond acceptors (Lipinski definition) is 4. The molecule has 0 radical (unpaired) electrons. The summed E-state index contributed by atoms with van der Waals surface area (Å²) in [5.74, 6) is 0.584. The molecule has 0 amide bonds. The van der Waals surface area contributed by atoms with Crippen molar-refractivity contribution in [1.82, 2.24) is 19.2 Å². The largest absolute Gasteiger partial charge is 0.363 e. The second-order valence-corrected chi connectivity index (χ2v) is 5.72. The maximum atomic E-state index is 9.44. The van der Waals surface area contributed by atoms with E-state index in [2.05, 4.69) is 21.5 Å². The third-order valence-electron chi connectivity index (χ3n) is 4.10. The molecule has 0 bridgehead atoms. The summed E-state index contributed by atoms with van der Waals surface area (Å²) in [4.78, 5) is 4.50. The van der Waals surface area contributed by atoms with Crippen molar-refractivity contribution in [3.05, 3.63) is 77.9 Å². The van der Waals surface area contributed by atoms with E-state index in [-0.39, 0.29) is 0 Å². The van der Waals surface area contributed by atoms with Gasteiger partial charge in [0.25, 0.3) is 0 Å². The van der Waals surface area contributed by atoms with Crippen LogP contribution >= 0.6 is 0 Å². The normalized spacial score (nSPS) is 10.7. The van der Waals surface area contributed by atoms with E-state index in [1.165, 1.54) is 0 Å². The van der Waals surface area contributed by atoms with Gasteiger partial charge in [0, 0.05) is 24.5 Å². The van der Waals surface area contributed by atoms with Crippen LogP contribution in [0, 0.1) is 18.3 Å². The molecular weight excluding hydrogens is 312 g/mol. The first-order valence-corrected chi connectivity index (χ1v) is 7.98. The number of nitrogens with one attached hydrogen (secondary N) is 1. The van der Waals surface area contributed by atoms with E-state index < -0.39 is 0 Å². The molecule has 6 nitrogen and oxygen atoms in total. The van der Waals surface area contributed by atoms with Gasteiger partial charge in [0.05, 0.1) is 11.4 Å². The highest BCUT2D eigenvalue weighted by Gasteiger charge is 2.12. The van der Waals surface area contributed by atoms with Gasteiger partial charge in [-0.2, -0.15) is 10.4 Å². The maximum absolute atomic E-state index is 9.44. The second-order valence-electron chi connectivity index (χ2n) is 5.72. The highest BCUT2D eigenvalue weighted by Crippen LogP contribution is 2.18. The fourth-order valence-corrected chi connectivity index (χ4v) is 2.79. The van der Waals surface area contributed by atoms with Crippen molar-refractivity contribution < 1.29 is 0 Å². The third kappa shape index (κ3) is 2.72. The van der Waals surface area contributed by atoms with Crippen molar-refractivity contribution in [1.29, 1.82) is 5.26 Å².